The molecule has 1 aliphatic rings. The molecule has 0 N–H and O–H groups in total. The van der Waals surface area contributed by atoms with Crippen molar-refractivity contribution in [3.05, 3.63) is 35.9 Å². The highest BCUT2D eigenvalue weighted by Crippen LogP contribution is 2.38. The number of rotatable bonds is 7. The predicted molar refractivity (Wildman–Crippen MR) is 112 cm³/mol. The molecular weight excluding hydrogens is 322 g/mol. The molecule has 2 rings (SSSR count). The minimum atomic E-state index is -1.59. The molecule has 1 saturated carbocycles. The van der Waals surface area contributed by atoms with E-state index in [0.29, 0.717) is 11.0 Å². The van der Waals surface area contributed by atoms with Gasteiger partial charge < -0.3 is 4.43 Å². The Morgan fingerprint density at radius 3 is 2.32 bits per heavy atom. The van der Waals surface area contributed by atoms with Crippen LogP contribution in [0.5, 0.6) is 0 Å². The summed E-state index contributed by atoms with van der Waals surface area (Å²) in [5, 5.41) is 0.315. The van der Waals surface area contributed by atoms with Gasteiger partial charge in [0.05, 0.1) is 0 Å². The molecular formula is C22H37NOSi. The van der Waals surface area contributed by atoms with Crippen molar-refractivity contribution in [1.29, 1.82) is 0 Å². The van der Waals surface area contributed by atoms with Gasteiger partial charge >= 0.3 is 0 Å². The van der Waals surface area contributed by atoms with Crippen molar-refractivity contribution in [2.45, 2.75) is 71.0 Å². The molecule has 1 aromatic rings. The molecule has 0 bridgehead atoms. The first-order valence-corrected chi connectivity index (χ1v) is 12.9. The Hall–Kier alpha value is -0.933. The lowest BCUT2D eigenvalue weighted by molar-refractivity contribution is 0.185. The van der Waals surface area contributed by atoms with Gasteiger partial charge in [0.2, 0.25) is 0 Å². The van der Waals surface area contributed by atoms with Crippen molar-refractivity contribution < 1.29 is 4.43 Å². The van der Waals surface area contributed by atoms with Gasteiger partial charge in [0, 0.05) is 19.4 Å². The highest BCUT2D eigenvalue weighted by atomic mass is 28.4. The summed E-state index contributed by atoms with van der Waals surface area (Å²) >= 11 is 0. The van der Waals surface area contributed by atoms with Crippen LogP contribution in [0.25, 0.3) is 0 Å². The molecule has 0 radical (unpaired) electrons. The van der Waals surface area contributed by atoms with Crippen LogP contribution in [-0.2, 0) is 10.8 Å². The Bertz CT molecular complexity index is 525. The smallest absolute Gasteiger partial charge is 0.191 e. The fraction of sp³-hybridized carbons (Fsp3) is 0.682. The van der Waals surface area contributed by atoms with Gasteiger partial charge in [-0.2, -0.15) is 0 Å². The molecule has 0 aromatic heterocycles. The molecule has 0 saturated heterocycles. The lowest BCUT2D eigenvalue weighted by Gasteiger charge is -2.38. The minimum absolute atomic E-state index is 0.315. The summed E-state index contributed by atoms with van der Waals surface area (Å²) in [5.41, 5.74) is 1.38. The van der Waals surface area contributed by atoms with Crippen LogP contribution in [0.15, 0.2) is 35.3 Å². The Morgan fingerprint density at radius 2 is 1.72 bits per heavy atom. The van der Waals surface area contributed by atoms with Crippen molar-refractivity contribution >= 4 is 14.5 Å². The topological polar surface area (TPSA) is 21.6 Å². The van der Waals surface area contributed by atoms with Gasteiger partial charge in [0.1, 0.15) is 0 Å². The van der Waals surface area contributed by atoms with Crippen LogP contribution < -0.4 is 0 Å². The van der Waals surface area contributed by atoms with Crippen molar-refractivity contribution in [1.82, 2.24) is 0 Å². The third kappa shape index (κ3) is 6.71. The average molecular weight is 360 g/mol. The van der Waals surface area contributed by atoms with Crippen LogP contribution in [0, 0.1) is 11.8 Å². The molecule has 0 heterocycles. The zero-order chi connectivity index (χ0) is 18.3. The molecule has 0 spiro atoms. The number of benzene rings is 1. The molecule has 0 unspecified atom stereocenters. The number of nitrogens with zero attached hydrogens (tertiary/aromatic N) is 1. The zero-order valence-electron chi connectivity index (χ0n) is 16.9. The second kappa shape index (κ2) is 9.13. The van der Waals surface area contributed by atoms with Gasteiger partial charge in [0.15, 0.2) is 8.32 Å². The molecule has 3 heteroatoms. The fourth-order valence-electron chi connectivity index (χ4n) is 3.11. The minimum Gasteiger partial charge on any atom is -0.417 e. The molecule has 0 aliphatic heterocycles. The average Bonchev–Trinajstić information content (AvgIpc) is 2.58. The van der Waals surface area contributed by atoms with E-state index in [0.717, 1.165) is 25.5 Å². The van der Waals surface area contributed by atoms with E-state index in [-0.39, 0.29) is 0 Å². The predicted octanol–water partition coefficient (Wildman–Crippen LogP) is 6.13. The Kier molecular flexibility index (Phi) is 7.45. The third-order valence-corrected chi connectivity index (χ3v) is 10.6. The van der Waals surface area contributed by atoms with Crippen LogP contribution in [0.1, 0.15) is 52.0 Å². The summed E-state index contributed by atoms with van der Waals surface area (Å²) in [6.07, 6.45) is 8.43. The van der Waals surface area contributed by atoms with Gasteiger partial charge in [0.25, 0.3) is 0 Å². The Labute approximate surface area is 156 Å². The van der Waals surface area contributed by atoms with Crippen molar-refractivity contribution in [3.63, 3.8) is 0 Å². The SMILES string of the molecule is CC(C)(C)[Si](C)(C)OCC1CCC(C=NCCc2ccccc2)CC1. The summed E-state index contributed by atoms with van der Waals surface area (Å²) in [6, 6.07) is 10.6. The normalized spacial score (nSPS) is 22.4. The largest absolute Gasteiger partial charge is 0.417 e. The molecule has 0 amide bonds. The van der Waals surface area contributed by atoms with E-state index in [1.54, 1.807) is 0 Å². The maximum Gasteiger partial charge on any atom is 0.191 e. The molecule has 2 nitrogen and oxygen atoms in total. The summed E-state index contributed by atoms with van der Waals surface area (Å²) < 4.78 is 6.42. The van der Waals surface area contributed by atoms with Crippen LogP contribution in [0.3, 0.4) is 0 Å². The first-order valence-electron chi connectivity index (χ1n) is 9.96. The lowest BCUT2D eigenvalue weighted by Crippen LogP contribution is -2.42. The fourth-order valence-corrected chi connectivity index (χ4v) is 4.19. The standard InChI is InChI=1S/C22H37NOSi/c1-22(2,3)25(4,5)24-18-21-13-11-20(12-14-21)17-23-16-15-19-9-7-6-8-10-19/h6-10,17,20-21H,11-16,18H2,1-5H3. The van der Waals surface area contributed by atoms with Gasteiger partial charge in [-0.15, -0.1) is 0 Å². The zero-order valence-corrected chi connectivity index (χ0v) is 17.9. The number of hydrogen-bond donors (Lipinski definition) is 0. The van der Waals surface area contributed by atoms with E-state index in [4.69, 9.17) is 4.43 Å². The molecule has 1 fully saturated rings. The molecule has 1 aromatic carbocycles. The van der Waals surface area contributed by atoms with Gasteiger partial charge in [-0.3, -0.25) is 4.99 Å². The van der Waals surface area contributed by atoms with Gasteiger partial charge in [-0.1, -0.05) is 51.1 Å². The number of hydrogen-bond acceptors (Lipinski definition) is 2. The third-order valence-electron chi connectivity index (χ3n) is 6.07. The Morgan fingerprint density at radius 1 is 1.08 bits per heavy atom. The van der Waals surface area contributed by atoms with Crippen molar-refractivity contribution in [3.8, 4) is 0 Å². The first-order chi connectivity index (χ1) is 11.8. The molecule has 25 heavy (non-hydrogen) atoms. The highest BCUT2D eigenvalue weighted by Gasteiger charge is 2.37. The van der Waals surface area contributed by atoms with Crippen molar-refractivity contribution in [2.24, 2.45) is 16.8 Å². The quantitative estimate of drug-likeness (QED) is 0.424. The lowest BCUT2D eigenvalue weighted by atomic mass is 9.83. The van der Waals surface area contributed by atoms with E-state index in [1.807, 2.05) is 0 Å². The highest BCUT2D eigenvalue weighted by molar-refractivity contribution is 6.74. The summed E-state index contributed by atoms with van der Waals surface area (Å²) in [4.78, 5) is 4.68. The maximum absolute atomic E-state index is 6.42. The molecule has 140 valence electrons. The Balaban J connectivity index is 1.65. The van der Waals surface area contributed by atoms with E-state index < -0.39 is 8.32 Å². The van der Waals surface area contributed by atoms with Crippen LogP contribution in [0.4, 0.5) is 0 Å². The molecule has 0 atom stereocenters. The second-order valence-corrected chi connectivity index (χ2v) is 14.0. The van der Waals surface area contributed by atoms with Gasteiger partial charge in [-0.05, 0) is 67.6 Å². The van der Waals surface area contributed by atoms with E-state index >= 15 is 0 Å². The maximum atomic E-state index is 6.42. The van der Waals surface area contributed by atoms with Crippen molar-refractivity contribution in [2.75, 3.05) is 13.2 Å². The number of aliphatic imine (C=N–C) groups is 1. The molecule has 1 aliphatic carbocycles. The monoisotopic (exact) mass is 359 g/mol. The summed E-state index contributed by atoms with van der Waals surface area (Å²) in [6.45, 7) is 13.6. The second-order valence-electron chi connectivity index (χ2n) is 9.14. The van der Waals surface area contributed by atoms with E-state index in [9.17, 15) is 0 Å². The summed E-state index contributed by atoms with van der Waals surface area (Å²) in [7, 11) is -1.59. The van der Waals surface area contributed by atoms with Crippen LogP contribution >= 0.6 is 0 Å². The first kappa shape index (κ1) is 20.4. The van der Waals surface area contributed by atoms with E-state index in [2.05, 4.69) is 75.4 Å². The van der Waals surface area contributed by atoms with Crippen LogP contribution in [-0.4, -0.2) is 27.7 Å². The van der Waals surface area contributed by atoms with E-state index in [1.165, 1.54) is 31.2 Å². The summed E-state index contributed by atoms with van der Waals surface area (Å²) in [5.74, 6) is 1.43. The van der Waals surface area contributed by atoms with Gasteiger partial charge in [-0.25, -0.2) is 0 Å². The van der Waals surface area contributed by atoms with Crippen LogP contribution in [0.2, 0.25) is 18.1 Å².